The number of rotatable bonds is 6. The Morgan fingerprint density at radius 2 is 2.05 bits per heavy atom. The third-order valence-corrected chi connectivity index (χ3v) is 5.21. The molecule has 1 saturated carbocycles. The van der Waals surface area contributed by atoms with Crippen LogP contribution in [0.5, 0.6) is 0 Å². The average molecular weight is 273 g/mol. The topological polar surface area (TPSA) is 12.0 Å². The van der Waals surface area contributed by atoms with Gasteiger partial charge in [-0.15, -0.1) is 0 Å². The van der Waals surface area contributed by atoms with Gasteiger partial charge in [0.05, 0.1) is 0 Å². The number of hydrogen-bond acceptors (Lipinski definition) is 1. The molecular formula is C19H31N. The van der Waals surface area contributed by atoms with Gasteiger partial charge < -0.3 is 5.32 Å². The Morgan fingerprint density at radius 3 is 2.75 bits per heavy atom. The molecular weight excluding hydrogens is 242 g/mol. The van der Waals surface area contributed by atoms with Gasteiger partial charge in [0.25, 0.3) is 0 Å². The van der Waals surface area contributed by atoms with Crippen molar-refractivity contribution in [1.29, 1.82) is 0 Å². The van der Waals surface area contributed by atoms with E-state index >= 15 is 0 Å². The predicted molar refractivity (Wildman–Crippen MR) is 88.1 cm³/mol. The van der Waals surface area contributed by atoms with Crippen LogP contribution < -0.4 is 5.32 Å². The first-order chi connectivity index (χ1) is 9.74. The molecule has 0 saturated heterocycles. The zero-order valence-corrected chi connectivity index (χ0v) is 13.5. The van der Waals surface area contributed by atoms with Crippen LogP contribution in [0.25, 0.3) is 0 Å². The van der Waals surface area contributed by atoms with Crippen molar-refractivity contribution in [2.24, 2.45) is 11.8 Å². The maximum Gasteiger partial charge on any atom is 0.00981 e. The molecule has 1 heteroatoms. The average Bonchev–Trinajstić information content (AvgIpc) is 2.48. The highest BCUT2D eigenvalue weighted by atomic mass is 14.9. The lowest BCUT2D eigenvalue weighted by Crippen LogP contribution is -2.39. The van der Waals surface area contributed by atoms with E-state index in [0.717, 1.165) is 11.8 Å². The molecule has 1 fully saturated rings. The molecule has 0 radical (unpaired) electrons. The molecule has 1 N–H and O–H groups in total. The standard InChI is InChI=1S/C19H31N/c1-4-17-10-5-6-11-18(17)19(20-3)13-12-16-9-7-8-15(2)14-16/h7-9,14,17-20H,4-6,10-13H2,1-3H3. The largest absolute Gasteiger partial charge is 0.317 e. The van der Waals surface area contributed by atoms with E-state index in [0.29, 0.717) is 6.04 Å². The molecule has 0 aliphatic heterocycles. The van der Waals surface area contributed by atoms with Crippen molar-refractivity contribution in [3.8, 4) is 0 Å². The van der Waals surface area contributed by atoms with Crippen molar-refractivity contribution in [3.05, 3.63) is 35.4 Å². The Hall–Kier alpha value is -0.820. The lowest BCUT2D eigenvalue weighted by molar-refractivity contribution is 0.174. The molecule has 20 heavy (non-hydrogen) atoms. The Balaban J connectivity index is 1.94. The van der Waals surface area contributed by atoms with Gasteiger partial charge in [-0.2, -0.15) is 0 Å². The molecule has 1 aromatic rings. The molecule has 0 heterocycles. The van der Waals surface area contributed by atoms with Gasteiger partial charge in [0.2, 0.25) is 0 Å². The third kappa shape index (κ3) is 4.09. The highest BCUT2D eigenvalue weighted by Crippen LogP contribution is 2.35. The summed E-state index contributed by atoms with van der Waals surface area (Å²) in [6.45, 7) is 4.56. The van der Waals surface area contributed by atoms with Crippen molar-refractivity contribution >= 4 is 0 Å². The minimum atomic E-state index is 0.695. The predicted octanol–water partition coefficient (Wildman–Crippen LogP) is 4.73. The van der Waals surface area contributed by atoms with Crippen LogP contribution in [0.1, 0.15) is 56.6 Å². The summed E-state index contributed by atoms with van der Waals surface area (Å²) in [5, 5.41) is 3.62. The number of benzene rings is 1. The van der Waals surface area contributed by atoms with Crippen molar-refractivity contribution in [1.82, 2.24) is 5.32 Å². The van der Waals surface area contributed by atoms with E-state index in [1.807, 2.05) is 0 Å². The molecule has 3 atom stereocenters. The minimum absolute atomic E-state index is 0.695. The first-order valence-corrected chi connectivity index (χ1v) is 8.47. The maximum atomic E-state index is 3.62. The highest BCUT2D eigenvalue weighted by molar-refractivity contribution is 5.22. The van der Waals surface area contributed by atoms with Gasteiger partial charge in [-0.25, -0.2) is 0 Å². The van der Waals surface area contributed by atoms with Crippen LogP contribution in [0.2, 0.25) is 0 Å². The van der Waals surface area contributed by atoms with E-state index in [9.17, 15) is 0 Å². The van der Waals surface area contributed by atoms with E-state index < -0.39 is 0 Å². The summed E-state index contributed by atoms with van der Waals surface area (Å²) in [7, 11) is 2.15. The van der Waals surface area contributed by atoms with Crippen LogP contribution in [0.4, 0.5) is 0 Å². The molecule has 112 valence electrons. The fraction of sp³-hybridized carbons (Fsp3) is 0.684. The summed E-state index contributed by atoms with van der Waals surface area (Å²) in [5.41, 5.74) is 2.88. The summed E-state index contributed by atoms with van der Waals surface area (Å²) in [4.78, 5) is 0. The Kier molecular flexibility index (Phi) is 6.09. The molecule has 0 spiro atoms. The van der Waals surface area contributed by atoms with Gasteiger partial charge >= 0.3 is 0 Å². The lowest BCUT2D eigenvalue weighted by Gasteiger charge is -2.37. The first-order valence-electron chi connectivity index (χ1n) is 8.47. The summed E-state index contributed by atoms with van der Waals surface area (Å²) in [6.07, 6.45) is 9.60. The zero-order chi connectivity index (χ0) is 14.4. The highest BCUT2D eigenvalue weighted by Gasteiger charge is 2.29. The van der Waals surface area contributed by atoms with Crippen molar-refractivity contribution < 1.29 is 0 Å². The fourth-order valence-electron chi connectivity index (χ4n) is 4.04. The van der Waals surface area contributed by atoms with E-state index in [-0.39, 0.29) is 0 Å². The molecule has 0 amide bonds. The number of nitrogens with one attached hydrogen (secondary N) is 1. The van der Waals surface area contributed by atoms with Crippen LogP contribution in [-0.4, -0.2) is 13.1 Å². The first kappa shape index (κ1) is 15.6. The van der Waals surface area contributed by atoms with Gasteiger partial charge in [-0.3, -0.25) is 0 Å². The van der Waals surface area contributed by atoms with Crippen molar-refractivity contribution in [3.63, 3.8) is 0 Å². The molecule has 1 aliphatic carbocycles. The molecule has 0 bridgehead atoms. The van der Waals surface area contributed by atoms with Crippen LogP contribution >= 0.6 is 0 Å². The lowest BCUT2D eigenvalue weighted by atomic mass is 9.73. The molecule has 1 aromatic carbocycles. The second-order valence-electron chi connectivity index (χ2n) is 6.54. The fourth-order valence-corrected chi connectivity index (χ4v) is 4.04. The van der Waals surface area contributed by atoms with Crippen LogP contribution in [-0.2, 0) is 6.42 Å². The van der Waals surface area contributed by atoms with Gasteiger partial charge in [-0.05, 0) is 50.6 Å². The zero-order valence-electron chi connectivity index (χ0n) is 13.5. The number of hydrogen-bond donors (Lipinski definition) is 1. The van der Waals surface area contributed by atoms with Crippen molar-refractivity contribution in [2.75, 3.05) is 7.05 Å². The van der Waals surface area contributed by atoms with E-state index in [4.69, 9.17) is 0 Å². The summed E-state index contributed by atoms with van der Waals surface area (Å²) < 4.78 is 0. The third-order valence-electron chi connectivity index (χ3n) is 5.21. The SMILES string of the molecule is CCC1CCCCC1C(CCc1cccc(C)c1)NC. The maximum absolute atomic E-state index is 3.62. The van der Waals surface area contributed by atoms with E-state index in [1.165, 1.54) is 56.1 Å². The second kappa shape index (κ2) is 7.83. The van der Waals surface area contributed by atoms with E-state index in [2.05, 4.69) is 50.5 Å². The molecule has 1 aliphatic rings. The summed E-state index contributed by atoms with van der Waals surface area (Å²) >= 11 is 0. The van der Waals surface area contributed by atoms with Crippen LogP contribution in [0.15, 0.2) is 24.3 Å². The van der Waals surface area contributed by atoms with Crippen LogP contribution in [0, 0.1) is 18.8 Å². The Labute approximate surface area is 125 Å². The quantitative estimate of drug-likeness (QED) is 0.790. The van der Waals surface area contributed by atoms with E-state index in [1.54, 1.807) is 0 Å². The normalized spacial score (nSPS) is 24.6. The number of aryl methyl sites for hydroxylation is 2. The molecule has 1 nitrogen and oxygen atoms in total. The monoisotopic (exact) mass is 273 g/mol. The molecule has 3 unspecified atom stereocenters. The summed E-state index contributed by atoms with van der Waals surface area (Å²) in [6, 6.07) is 9.69. The van der Waals surface area contributed by atoms with Crippen molar-refractivity contribution in [2.45, 2.75) is 64.8 Å². The van der Waals surface area contributed by atoms with Gasteiger partial charge in [0.15, 0.2) is 0 Å². The molecule has 2 rings (SSSR count). The Bertz CT molecular complexity index is 399. The Morgan fingerprint density at radius 1 is 1.25 bits per heavy atom. The minimum Gasteiger partial charge on any atom is -0.317 e. The smallest absolute Gasteiger partial charge is 0.00981 e. The molecule has 0 aromatic heterocycles. The van der Waals surface area contributed by atoms with Gasteiger partial charge in [-0.1, -0.05) is 62.4 Å². The van der Waals surface area contributed by atoms with Gasteiger partial charge in [0.1, 0.15) is 0 Å². The second-order valence-corrected chi connectivity index (χ2v) is 6.54. The van der Waals surface area contributed by atoms with Gasteiger partial charge in [0, 0.05) is 6.04 Å². The summed E-state index contributed by atoms with van der Waals surface area (Å²) in [5.74, 6) is 1.84. The van der Waals surface area contributed by atoms with Crippen LogP contribution in [0.3, 0.4) is 0 Å².